The van der Waals surface area contributed by atoms with Crippen molar-refractivity contribution in [3.05, 3.63) is 40.4 Å². The van der Waals surface area contributed by atoms with Gasteiger partial charge in [-0.25, -0.2) is 9.59 Å². The van der Waals surface area contributed by atoms with Crippen LogP contribution in [-0.4, -0.2) is 38.6 Å². The van der Waals surface area contributed by atoms with E-state index in [2.05, 4.69) is 10.5 Å². The lowest BCUT2D eigenvalue weighted by molar-refractivity contribution is -0.131. The molecule has 0 atom stereocenters. The van der Waals surface area contributed by atoms with E-state index in [1.165, 1.54) is 9.47 Å². The van der Waals surface area contributed by atoms with Gasteiger partial charge in [0, 0.05) is 18.7 Å². The van der Waals surface area contributed by atoms with Crippen LogP contribution >= 0.6 is 0 Å². The summed E-state index contributed by atoms with van der Waals surface area (Å²) in [6.07, 6.45) is 3.22. The lowest BCUT2D eigenvalue weighted by atomic mass is 9.98. The highest BCUT2D eigenvalue weighted by atomic mass is 16.5. The Morgan fingerprint density at radius 1 is 1.15 bits per heavy atom. The van der Waals surface area contributed by atoms with Crippen LogP contribution in [0.1, 0.15) is 31.2 Å². The molecule has 2 fully saturated rings. The molecule has 0 bridgehead atoms. The second kappa shape index (κ2) is 6.12. The van der Waals surface area contributed by atoms with Gasteiger partial charge < -0.3 is 5.32 Å². The highest BCUT2D eigenvalue weighted by molar-refractivity contribution is 6.07. The largest absolute Gasteiger partial charge is 0.441 e. The summed E-state index contributed by atoms with van der Waals surface area (Å²) in [4.78, 5) is 38.2. The number of benzene rings is 1. The van der Waals surface area contributed by atoms with E-state index in [1.807, 2.05) is 31.2 Å². The van der Waals surface area contributed by atoms with E-state index in [-0.39, 0.29) is 25.0 Å². The summed E-state index contributed by atoms with van der Waals surface area (Å²) < 4.78 is 6.18. The van der Waals surface area contributed by atoms with Crippen LogP contribution in [0.25, 0.3) is 11.4 Å². The third-order valence-electron chi connectivity index (χ3n) is 5.32. The molecule has 1 N–H and O–H groups in total. The van der Waals surface area contributed by atoms with Crippen LogP contribution in [0, 0.1) is 6.92 Å². The predicted molar refractivity (Wildman–Crippen MR) is 92.4 cm³/mol. The van der Waals surface area contributed by atoms with E-state index in [9.17, 15) is 14.4 Å². The SMILES string of the molecule is Cc1ccccc1-c1noc(=O)n1CCN1C(=O)NC2(CCCC2)C1=O. The second-order valence-corrected chi connectivity index (χ2v) is 6.91. The highest BCUT2D eigenvalue weighted by Crippen LogP contribution is 2.35. The zero-order chi connectivity index (χ0) is 18.3. The summed E-state index contributed by atoms with van der Waals surface area (Å²) in [5.74, 6) is -0.399. The molecule has 2 aromatic rings. The molecule has 4 rings (SSSR count). The Kier molecular flexibility index (Phi) is 3.90. The van der Waals surface area contributed by atoms with Gasteiger partial charge in [-0.15, -0.1) is 0 Å². The van der Waals surface area contributed by atoms with Gasteiger partial charge in [0.05, 0.1) is 0 Å². The van der Waals surface area contributed by atoms with Crippen LogP contribution in [0.15, 0.2) is 33.6 Å². The number of hydrogen-bond donors (Lipinski definition) is 1. The zero-order valence-corrected chi connectivity index (χ0v) is 14.5. The van der Waals surface area contributed by atoms with Gasteiger partial charge in [0.25, 0.3) is 5.91 Å². The van der Waals surface area contributed by atoms with Crippen molar-refractivity contribution < 1.29 is 14.1 Å². The summed E-state index contributed by atoms with van der Waals surface area (Å²) in [5, 5.41) is 6.71. The normalized spacial score (nSPS) is 18.7. The molecule has 0 unspecified atom stereocenters. The average Bonchev–Trinajstić information content (AvgIpc) is 3.29. The number of nitrogens with one attached hydrogen (secondary N) is 1. The van der Waals surface area contributed by atoms with Crippen molar-refractivity contribution in [2.24, 2.45) is 0 Å². The van der Waals surface area contributed by atoms with Crippen molar-refractivity contribution in [2.45, 2.75) is 44.7 Å². The van der Waals surface area contributed by atoms with E-state index in [4.69, 9.17) is 4.52 Å². The van der Waals surface area contributed by atoms with Crippen LogP contribution in [0.5, 0.6) is 0 Å². The van der Waals surface area contributed by atoms with Crippen molar-refractivity contribution in [3.63, 3.8) is 0 Å². The molecular weight excluding hydrogens is 336 g/mol. The number of aromatic nitrogens is 2. The summed E-state index contributed by atoms with van der Waals surface area (Å²) >= 11 is 0. The standard InChI is InChI=1S/C18H20N4O4/c1-12-6-2-3-7-13(12)14-20-26-17(25)21(14)10-11-22-15(23)18(19-16(22)24)8-4-5-9-18/h2-3,6-7H,4-5,8-11H2,1H3,(H,19,24). The number of amides is 3. The third-order valence-corrected chi connectivity index (χ3v) is 5.32. The van der Waals surface area contributed by atoms with Crippen LogP contribution < -0.4 is 11.1 Å². The first kappa shape index (κ1) is 16.6. The van der Waals surface area contributed by atoms with Crippen molar-refractivity contribution in [2.75, 3.05) is 6.54 Å². The summed E-state index contributed by atoms with van der Waals surface area (Å²) in [7, 11) is 0. The molecule has 136 valence electrons. The summed E-state index contributed by atoms with van der Waals surface area (Å²) in [6.45, 7) is 2.16. The summed E-state index contributed by atoms with van der Waals surface area (Å²) in [6, 6.07) is 7.13. The number of aryl methyl sites for hydroxylation is 1. The van der Waals surface area contributed by atoms with Crippen LogP contribution in [0.3, 0.4) is 0 Å². The Hall–Kier alpha value is -2.90. The van der Waals surface area contributed by atoms with Crippen molar-refractivity contribution in [3.8, 4) is 11.4 Å². The molecule has 8 heteroatoms. The van der Waals surface area contributed by atoms with Gasteiger partial charge in [-0.2, -0.15) is 0 Å². The van der Waals surface area contributed by atoms with E-state index in [0.717, 1.165) is 24.0 Å². The number of carbonyl (C=O) groups is 2. The number of hydrogen-bond acceptors (Lipinski definition) is 5. The van der Waals surface area contributed by atoms with Gasteiger partial charge >= 0.3 is 11.8 Å². The molecule has 0 radical (unpaired) electrons. The number of rotatable bonds is 4. The van der Waals surface area contributed by atoms with Crippen LogP contribution in [-0.2, 0) is 11.3 Å². The summed E-state index contributed by atoms with van der Waals surface area (Å²) in [5.41, 5.74) is 0.993. The zero-order valence-electron chi connectivity index (χ0n) is 14.5. The minimum Gasteiger partial charge on any atom is -0.323 e. The average molecular weight is 356 g/mol. The van der Waals surface area contributed by atoms with Gasteiger partial charge in [-0.1, -0.05) is 42.3 Å². The van der Waals surface area contributed by atoms with Crippen molar-refractivity contribution in [1.82, 2.24) is 19.9 Å². The molecule has 1 saturated heterocycles. The Bertz CT molecular complexity index is 923. The first-order valence-corrected chi connectivity index (χ1v) is 8.78. The molecule has 3 amide bonds. The molecule has 1 aromatic carbocycles. The quantitative estimate of drug-likeness (QED) is 0.841. The highest BCUT2D eigenvalue weighted by Gasteiger charge is 2.52. The lowest BCUT2D eigenvalue weighted by Crippen LogP contribution is -2.44. The first-order chi connectivity index (χ1) is 12.5. The molecule has 1 saturated carbocycles. The molecule has 26 heavy (non-hydrogen) atoms. The van der Waals surface area contributed by atoms with Gasteiger partial charge in [0.1, 0.15) is 5.54 Å². The maximum atomic E-state index is 12.7. The van der Waals surface area contributed by atoms with Gasteiger partial charge in [0.2, 0.25) is 0 Å². The Labute approximate surface area is 149 Å². The fourth-order valence-corrected chi connectivity index (χ4v) is 3.88. The maximum absolute atomic E-state index is 12.7. The van der Waals surface area contributed by atoms with E-state index in [1.54, 1.807) is 0 Å². The van der Waals surface area contributed by atoms with E-state index >= 15 is 0 Å². The molecule has 2 heterocycles. The molecule has 8 nitrogen and oxygen atoms in total. The fraction of sp³-hybridized carbons (Fsp3) is 0.444. The third kappa shape index (κ3) is 2.53. The van der Waals surface area contributed by atoms with Crippen LogP contribution in [0.2, 0.25) is 0 Å². The van der Waals surface area contributed by atoms with Crippen molar-refractivity contribution in [1.29, 1.82) is 0 Å². The van der Waals surface area contributed by atoms with Crippen LogP contribution in [0.4, 0.5) is 4.79 Å². The van der Waals surface area contributed by atoms with Gasteiger partial charge in [-0.05, 0) is 25.3 Å². The predicted octanol–water partition coefficient (Wildman–Crippen LogP) is 1.68. The number of carbonyl (C=O) groups excluding carboxylic acids is 2. The molecule has 1 aromatic heterocycles. The number of imide groups is 1. The lowest BCUT2D eigenvalue weighted by Gasteiger charge is -2.20. The number of nitrogens with zero attached hydrogens (tertiary/aromatic N) is 3. The Balaban J connectivity index is 1.57. The minimum absolute atomic E-state index is 0.104. The fourth-order valence-electron chi connectivity index (χ4n) is 3.88. The number of urea groups is 1. The molecular formula is C18H20N4O4. The Morgan fingerprint density at radius 2 is 1.88 bits per heavy atom. The monoisotopic (exact) mass is 356 g/mol. The molecule has 1 spiro atoms. The smallest absolute Gasteiger partial charge is 0.323 e. The maximum Gasteiger partial charge on any atom is 0.441 e. The van der Waals surface area contributed by atoms with E-state index < -0.39 is 11.3 Å². The van der Waals surface area contributed by atoms with Gasteiger partial charge in [-0.3, -0.25) is 18.8 Å². The minimum atomic E-state index is -0.741. The molecule has 1 aliphatic carbocycles. The topological polar surface area (TPSA) is 97.4 Å². The Morgan fingerprint density at radius 3 is 2.62 bits per heavy atom. The van der Waals surface area contributed by atoms with Gasteiger partial charge in [0.15, 0.2) is 5.82 Å². The second-order valence-electron chi connectivity index (χ2n) is 6.91. The van der Waals surface area contributed by atoms with E-state index in [0.29, 0.717) is 18.7 Å². The first-order valence-electron chi connectivity index (χ1n) is 8.78. The van der Waals surface area contributed by atoms with Crippen molar-refractivity contribution >= 4 is 11.9 Å². The molecule has 1 aliphatic heterocycles. The molecule has 2 aliphatic rings.